The number of hydrogen-bond donors (Lipinski definition) is 3. The van der Waals surface area contributed by atoms with Crippen molar-refractivity contribution in [3.8, 4) is 10.6 Å². The minimum atomic E-state index is -0.118. The van der Waals surface area contributed by atoms with E-state index in [1.54, 1.807) is 29.5 Å². The first-order chi connectivity index (χ1) is 12.2. The summed E-state index contributed by atoms with van der Waals surface area (Å²) in [7, 11) is 1.79. The third-order valence-electron chi connectivity index (χ3n) is 4.54. The standard InChI is InChI=1S/C17H20N6OS/c1-23(10-14-12-4-2-5-13(12)20-21-14)17(24)18-8-11-9-19-22-16(11)15-6-3-7-25-15/h3,6-7,9H,2,4-5,8,10H2,1H3,(H,18,24)(H,19,22)(H,20,21). The van der Waals surface area contributed by atoms with Gasteiger partial charge in [0.1, 0.15) is 0 Å². The second-order valence-electron chi connectivity index (χ2n) is 6.24. The molecular weight excluding hydrogens is 336 g/mol. The van der Waals surface area contributed by atoms with Crippen LogP contribution in [0.2, 0.25) is 0 Å². The van der Waals surface area contributed by atoms with E-state index in [1.165, 1.54) is 17.7 Å². The van der Waals surface area contributed by atoms with Gasteiger partial charge in [-0.3, -0.25) is 10.2 Å². The number of fused-ring (bicyclic) bond motifs is 1. The zero-order valence-corrected chi connectivity index (χ0v) is 14.8. The lowest BCUT2D eigenvalue weighted by Crippen LogP contribution is -2.36. The zero-order valence-electron chi connectivity index (χ0n) is 14.0. The number of thiophene rings is 1. The van der Waals surface area contributed by atoms with Gasteiger partial charge in [0.05, 0.1) is 29.0 Å². The highest BCUT2D eigenvalue weighted by Crippen LogP contribution is 2.26. The van der Waals surface area contributed by atoms with Crippen LogP contribution < -0.4 is 5.32 Å². The number of nitrogens with zero attached hydrogens (tertiary/aromatic N) is 3. The topological polar surface area (TPSA) is 89.7 Å². The SMILES string of the molecule is CN(Cc1n[nH]c2c1CCC2)C(=O)NCc1cn[nH]c1-c1cccs1. The van der Waals surface area contributed by atoms with Crippen LogP contribution in [0.1, 0.15) is 28.9 Å². The minimum absolute atomic E-state index is 0.118. The van der Waals surface area contributed by atoms with Gasteiger partial charge in [-0.25, -0.2) is 4.79 Å². The van der Waals surface area contributed by atoms with E-state index in [4.69, 9.17) is 0 Å². The molecule has 0 saturated heterocycles. The molecule has 8 heteroatoms. The number of amides is 2. The lowest BCUT2D eigenvalue weighted by molar-refractivity contribution is 0.206. The van der Waals surface area contributed by atoms with Crippen molar-refractivity contribution in [2.75, 3.05) is 7.05 Å². The largest absolute Gasteiger partial charge is 0.334 e. The molecule has 7 nitrogen and oxygen atoms in total. The summed E-state index contributed by atoms with van der Waals surface area (Å²) in [6.45, 7) is 0.951. The van der Waals surface area contributed by atoms with Crippen LogP contribution in [0.15, 0.2) is 23.7 Å². The monoisotopic (exact) mass is 356 g/mol. The van der Waals surface area contributed by atoms with Gasteiger partial charge in [0.25, 0.3) is 0 Å². The van der Waals surface area contributed by atoms with E-state index in [0.717, 1.165) is 34.7 Å². The number of aromatic amines is 2. The van der Waals surface area contributed by atoms with Crippen molar-refractivity contribution in [1.82, 2.24) is 30.6 Å². The van der Waals surface area contributed by atoms with Crippen molar-refractivity contribution in [1.29, 1.82) is 0 Å². The van der Waals surface area contributed by atoms with Crippen molar-refractivity contribution in [3.63, 3.8) is 0 Å². The second-order valence-corrected chi connectivity index (χ2v) is 7.19. The molecule has 3 aromatic rings. The summed E-state index contributed by atoms with van der Waals surface area (Å²) >= 11 is 1.64. The number of carbonyl (C=O) groups is 1. The summed E-state index contributed by atoms with van der Waals surface area (Å²) in [6, 6.07) is 3.92. The maximum absolute atomic E-state index is 12.4. The fraction of sp³-hybridized carbons (Fsp3) is 0.353. The molecule has 0 radical (unpaired) electrons. The smallest absolute Gasteiger partial charge is 0.317 e. The number of hydrogen-bond acceptors (Lipinski definition) is 4. The minimum Gasteiger partial charge on any atom is -0.334 e. The van der Waals surface area contributed by atoms with Crippen LogP contribution in [0.5, 0.6) is 0 Å². The summed E-state index contributed by atoms with van der Waals surface area (Å²) in [4.78, 5) is 15.2. The Morgan fingerprint density at radius 1 is 1.40 bits per heavy atom. The quantitative estimate of drug-likeness (QED) is 0.656. The van der Waals surface area contributed by atoms with Crippen LogP contribution >= 0.6 is 11.3 Å². The van der Waals surface area contributed by atoms with Gasteiger partial charge in [0.15, 0.2) is 0 Å². The van der Waals surface area contributed by atoms with Crippen molar-refractivity contribution < 1.29 is 4.79 Å². The summed E-state index contributed by atoms with van der Waals surface area (Å²) in [5, 5.41) is 19.5. The van der Waals surface area contributed by atoms with E-state index < -0.39 is 0 Å². The van der Waals surface area contributed by atoms with Crippen LogP contribution in [-0.4, -0.2) is 38.4 Å². The van der Waals surface area contributed by atoms with Gasteiger partial charge < -0.3 is 10.2 Å². The summed E-state index contributed by atoms with van der Waals surface area (Å²) < 4.78 is 0. The maximum Gasteiger partial charge on any atom is 0.317 e. The Labute approximate surface area is 149 Å². The molecule has 2 amide bonds. The molecule has 0 unspecified atom stereocenters. The van der Waals surface area contributed by atoms with E-state index in [0.29, 0.717) is 13.1 Å². The highest BCUT2D eigenvalue weighted by Gasteiger charge is 2.20. The number of rotatable bonds is 5. The lowest BCUT2D eigenvalue weighted by atomic mass is 10.2. The molecule has 3 N–H and O–H groups in total. The Kier molecular flexibility index (Phi) is 4.27. The molecule has 0 atom stereocenters. The molecule has 3 aromatic heterocycles. The van der Waals surface area contributed by atoms with E-state index in [-0.39, 0.29) is 6.03 Å². The first-order valence-corrected chi connectivity index (χ1v) is 9.20. The van der Waals surface area contributed by atoms with E-state index in [2.05, 4.69) is 25.7 Å². The Balaban J connectivity index is 1.37. The Morgan fingerprint density at radius 2 is 2.32 bits per heavy atom. The van der Waals surface area contributed by atoms with E-state index >= 15 is 0 Å². The van der Waals surface area contributed by atoms with Crippen molar-refractivity contribution in [2.45, 2.75) is 32.4 Å². The maximum atomic E-state index is 12.4. The van der Waals surface area contributed by atoms with Crippen LogP contribution in [0.25, 0.3) is 10.6 Å². The summed E-state index contributed by atoms with van der Waals surface area (Å²) in [5.41, 5.74) is 5.43. The highest BCUT2D eigenvalue weighted by atomic mass is 32.1. The first-order valence-electron chi connectivity index (χ1n) is 8.32. The fourth-order valence-electron chi connectivity index (χ4n) is 3.20. The normalized spacial score (nSPS) is 13.0. The van der Waals surface area contributed by atoms with Crippen LogP contribution in [0.3, 0.4) is 0 Å². The van der Waals surface area contributed by atoms with Gasteiger partial charge in [-0.15, -0.1) is 11.3 Å². The van der Waals surface area contributed by atoms with Gasteiger partial charge in [0, 0.05) is 24.8 Å². The Morgan fingerprint density at radius 3 is 3.16 bits per heavy atom. The predicted octanol–water partition coefficient (Wildman–Crippen LogP) is 2.69. The Bertz CT molecular complexity index is 866. The molecule has 4 rings (SSSR count). The Hall–Kier alpha value is -2.61. The molecule has 25 heavy (non-hydrogen) atoms. The number of urea groups is 1. The number of aryl methyl sites for hydroxylation is 1. The average Bonchev–Trinajstić information content (AvgIpc) is 3.36. The fourth-order valence-corrected chi connectivity index (χ4v) is 3.96. The van der Waals surface area contributed by atoms with Crippen LogP contribution in [0.4, 0.5) is 4.79 Å². The molecule has 130 valence electrons. The number of aromatic nitrogens is 4. The van der Waals surface area contributed by atoms with Crippen LogP contribution in [-0.2, 0) is 25.9 Å². The molecule has 0 fully saturated rings. The third kappa shape index (κ3) is 3.17. The van der Waals surface area contributed by atoms with Crippen molar-refractivity contribution in [3.05, 3.63) is 46.2 Å². The molecule has 0 spiro atoms. The van der Waals surface area contributed by atoms with Gasteiger partial charge in [-0.1, -0.05) is 6.07 Å². The molecule has 1 aliphatic carbocycles. The van der Waals surface area contributed by atoms with Crippen molar-refractivity contribution in [2.24, 2.45) is 0 Å². The predicted molar refractivity (Wildman–Crippen MR) is 96.2 cm³/mol. The molecule has 0 aliphatic heterocycles. The van der Waals surface area contributed by atoms with Gasteiger partial charge in [0.2, 0.25) is 0 Å². The first kappa shape index (κ1) is 15.9. The molecular formula is C17H20N6OS. The van der Waals surface area contributed by atoms with Gasteiger partial charge >= 0.3 is 6.03 Å². The highest BCUT2D eigenvalue weighted by molar-refractivity contribution is 7.13. The number of carbonyl (C=O) groups excluding carboxylic acids is 1. The third-order valence-corrected chi connectivity index (χ3v) is 5.43. The van der Waals surface area contributed by atoms with Gasteiger partial charge in [-0.05, 0) is 36.3 Å². The molecule has 0 saturated carbocycles. The van der Waals surface area contributed by atoms with E-state index in [9.17, 15) is 4.79 Å². The lowest BCUT2D eigenvalue weighted by Gasteiger charge is -2.17. The summed E-state index contributed by atoms with van der Waals surface area (Å²) in [5.74, 6) is 0. The van der Waals surface area contributed by atoms with Gasteiger partial charge in [-0.2, -0.15) is 10.2 Å². The average molecular weight is 356 g/mol. The van der Waals surface area contributed by atoms with E-state index in [1.807, 2.05) is 17.5 Å². The molecule has 0 bridgehead atoms. The summed E-state index contributed by atoms with van der Waals surface area (Å²) in [6.07, 6.45) is 5.04. The zero-order chi connectivity index (χ0) is 17.2. The second kappa shape index (κ2) is 6.72. The molecule has 0 aromatic carbocycles. The van der Waals surface area contributed by atoms with Crippen LogP contribution in [0, 0.1) is 0 Å². The number of H-pyrrole nitrogens is 2. The molecule has 3 heterocycles. The molecule has 1 aliphatic rings. The van der Waals surface area contributed by atoms with Crippen molar-refractivity contribution >= 4 is 17.4 Å². The number of nitrogens with one attached hydrogen (secondary N) is 3.